The molecule has 0 fully saturated rings. The first kappa shape index (κ1) is 13.8. The molecule has 0 aliphatic rings. The van der Waals surface area contributed by atoms with Crippen molar-refractivity contribution >= 4 is 43.8 Å². The number of nitrogens with one attached hydrogen (secondary N) is 1. The van der Waals surface area contributed by atoms with E-state index in [4.69, 9.17) is 13.9 Å². The van der Waals surface area contributed by atoms with Crippen molar-refractivity contribution in [2.45, 2.75) is 0 Å². The van der Waals surface area contributed by atoms with E-state index in [1.165, 1.54) is 11.3 Å². The van der Waals surface area contributed by atoms with Gasteiger partial charge in [0.25, 0.3) is 0 Å². The number of thiazole rings is 1. The summed E-state index contributed by atoms with van der Waals surface area (Å²) in [5, 5.41) is 3.82. The second kappa shape index (κ2) is 5.44. The van der Waals surface area contributed by atoms with Crippen LogP contribution in [-0.2, 0) is 0 Å². The highest BCUT2D eigenvalue weighted by molar-refractivity contribution is 7.22. The smallest absolute Gasteiger partial charge is 0.302 e. The van der Waals surface area contributed by atoms with Gasteiger partial charge in [-0.25, -0.2) is 4.98 Å². The summed E-state index contributed by atoms with van der Waals surface area (Å²) in [4.78, 5) is 8.92. The Hall–Kier alpha value is -2.80. The second-order valence-corrected chi connectivity index (χ2v) is 5.86. The minimum Gasteiger partial charge on any atom is -0.497 e. The molecule has 4 aromatic rings. The molecule has 0 saturated carbocycles. The Balaban J connectivity index is 1.66. The maximum atomic E-state index is 5.68. The molecule has 1 N–H and O–H groups in total. The number of aromatic nitrogens is 2. The Labute approximate surface area is 135 Å². The fourth-order valence-corrected chi connectivity index (χ4v) is 3.15. The average molecular weight is 327 g/mol. The van der Waals surface area contributed by atoms with E-state index in [0.29, 0.717) is 16.7 Å². The summed E-state index contributed by atoms with van der Waals surface area (Å²) in [6.45, 7) is 0. The number of anilines is 2. The molecular weight excluding hydrogens is 314 g/mol. The minimum absolute atomic E-state index is 0.402. The summed E-state index contributed by atoms with van der Waals surface area (Å²) >= 11 is 1.51. The molecule has 4 rings (SSSR count). The van der Waals surface area contributed by atoms with Gasteiger partial charge in [0.2, 0.25) is 0 Å². The molecule has 23 heavy (non-hydrogen) atoms. The third-order valence-electron chi connectivity index (χ3n) is 3.40. The van der Waals surface area contributed by atoms with Crippen molar-refractivity contribution in [3.63, 3.8) is 0 Å². The quantitative estimate of drug-likeness (QED) is 0.606. The van der Waals surface area contributed by atoms with Gasteiger partial charge in [-0.1, -0.05) is 11.3 Å². The lowest BCUT2D eigenvalue weighted by Crippen LogP contribution is -1.88. The van der Waals surface area contributed by atoms with E-state index in [2.05, 4.69) is 15.3 Å². The van der Waals surface area contributed by atoms with Crippen LogP contribution in [0.4, 0.5) is 11.1 Å². The molecule has 0 saturated heterocycles. The van der Waals surface area contributed by atoms with Crippen molar-refractivity contribution in [3.8, 4) is 11.5 Å². The highest BCUT2D eigenvalue weighted by atomic mass is 32.1. The Morgan fingerprint density at radius 3 is 2.57 bits per heavy atom. The van der Waals surface area contributed by atoms with Crippen LogP contribution in [0.1, 0.15) is 0 Å². The zero-order chi connectivity index (χ0) is 15.8. The minimum atomic E-state index is 0.402. The molecule has 6 nitrogen and oxygen atoms in total. The molecule has 0 aliphatic heterocycles. The van der Waals surface area contributed by atoms with Crippen molar-refractivity contribution in [1.82, 2.24) is 9.97 Å². The lowest BCUT2D eigenvalue weighted by Gasteiger charge is -1.96. The lowest BCUT2D eigenvalue weighted by molar-refractivity contribution is 0.415. The van der Waals surface area contributed by atoms with Gasteiger partial charge >= 0.3 is 6.01 Å². The van der Waals surface area contributed by atoms with E-state index < -0.39 is 0 Å². The van der Waals surface area contributed by atoms with Gasteiger partial charge in [0.15, 0.2) is 10.7 Å². The van der Waals surface area contributed by atoms with Crippen LogP contribution in [0.3, 0.4) is 0 Å². The molecular formula is C16H13N3O3S. The Morgan fingerprint density at radius 1 is 0.957 bits per heavy atom. The number of methoxy groups -OCH3 is 2. The number of rotatable bonds is 4. The first-order valence-corrected chi connectivity index (χ1v) is 7.73. The number of fused-ring (bicyclic) bond motifs is 2. The number of benzene rings is 2. The average Bonchev–Trinajstić information content (AvgIpc) is 3.15. The summed E-state index contributed by atoms with van der Waals surface area (Å²) in [7, 11) is 3.27. The number of nitrogens with zero attached hydrogens (tertiary/aromatic N) is 2. The fraction of sp³-hybridized carbons (Fsp3) is 0.125. The number of hydrogen-bond acceptors (Lipinski definition) is 7. The predicted octanol–water partition coefficient (Wildman–Crippen LogP) is 4.20. The zero-order valence-electron chi connectivity index (χ0n) is 12.5. The Morgan fingerprint density at radius 2 is 1.74 bits per heavy atom. The summed E-state index contributed by atoms with van der Waals surface area (Å²) < 4.78 is 17.1. The van der Waals surface area contributed by atoms with Gasteiger partial charge in [0.05, 0.1) is 24.4 Å². The standard InChI is InChI=1S/C16H13N3O3S/c1-20-9-4-6-13-12(7-9)17-15(22-13)19-16-18-11-5-3-10(21-2)8-14(11)23-16/h3-8H,1-2H3,(H,17,18,19). The second-order valence-electron chi connectivity index (χ2n) is 4.83. The maximum Gasteiger partial charge on any atom is 0.302 e. The zero-order valence-corrected chi connectivity index (χ0v) is 13.3. The Bertz CT molecular complexity index is 913. The first-order valence-electron chi connectivity index (χ1n) is 6.91. The van der Waals surface area contributed by atoms with E-state index in [1.807, 2.05) is 36.4 Å². The topological polar surface area (TPSA) is 69.4 Å². The van der Waals surface area contributed by atoms with Gasteiger partial charge in [-0.05, 0) is 30.3 Å². The molecule has 116 valence electrons. The monoisotopic (exact) mass is 327 g/mol. The van der Waals surface area contributed by atoms with Crippen LogP contribution in [0.15, 0.2) is 40.8 Å². The molecule has 2 aromatic carbocycles. The normalized spacial score (nSPS) is 11.0. The van der Waals surface area contributed by atoms with Crippen LogP contribution in [-0.4, -0.2) is 24.2 Å². The van der Waals surface area contributed by atoms with Crippen LogP contribution < -0.4 is 14.8 Å². The molecule has 0 radical (unpaired) electrons. The van der Waals surface area contributed by atoms with E-state index in [0.717, 1.165) is 27.2 Å². The third kappa shape index (κ3) is 2.55. The molecule has 0 amide bonds. The molecule has 0 bridgehead atoms. The maximum absolute atomic E-state index is 5.68. The van der Waals surface area contributed by atoms with Gasteiger partial charge in [0.1, 0.15) is 17.0 Å². The van der Waals surface area contributed by atoms with Crippen LogP contribution in [0, 0.1) is 0 Å². The van der Waals surface area contributed by atoms with Crippen LogP contribution in [0.5, 0.6) is 11.5 Å². The SMILES string of the molecule is COc1ccc2oc(Nc3nc4ccc(OC)cc4s3)nc2c1. The largest absolute Gasteiger partial charge is 0.497 e. The molecule has 2 aromatic heterocycles. The van der Waals surface area contributed by atoms with Gasteiger partial charge in [-0.2, -0.15) is 4.98 Å². The van der Waals surface area contributed by atoms with Crippen LogP contribution in [0.2, 0.25) is 0 Å². The fourth-order valence-electron chi connectivity index (χ4n) is 2.26. The van der Waals surface area contributed by atoms with E-state index in [1.54, 1.807) is 14.2 Å². The summed E-state index contributed by atoms with van der Waals surface area (Å²) in [5.74, 6) is 1.55. The number of hydrogen-bond donors (Lipinski definition) is 1. The van der Waals surface area contributed by atoms with Gasteiger partial charge in [0, 0.05) is 6.07 Å². The van der Waals surface area contributed by atoms with Crippen LogP contribution >= 0.6 is 11.3 Å². The van der Waals surface area contributed by atoms with Crippen molar-refractivity contribution in [2.24, 2.45) is 0 Å². The lowest BCUT2D eigenvalue weighted by atomic mass is 10.3. The highest BCUT2D eigenvalue weighted by Gasteiger charge is 2.10. The molecule has 0 aliphatic carbocycles. The number of ether oxygens (including phenoxy) is 2. The van der Waals surface area contributed by atoms with Crippen molar-refractivity contribution in [3.05, 3.63) is 36.4 Å². The third-order valence-corrected chi connectivity index (χ3v) is 4.34. The molecule has 0 unspecified atom stereocenters. The van der Waals surface area contributed by atoms with E-state index in [-0.39, 0.29) is 0 Å². The highest BCUT2D eigenvalue weighted by Crippen LogP contribution is 2.32. The van der Waals surface area contributed by atoms with Crippen molar-refractivity contribution in [1.29, 1.82) is 0 Å². The molecule has 2 heterocycles. The summed E-state index contributed by atoms with van der Waals surface area (Å²) in [6, 6.07) is 11.7. The van der Waals surface area contributed by atoms with Gasteiger partial charge < -0.3 is 13.9 Å². The van der Waals surface area contributed by atoms with E-state index in [9.17, 15) is 0 Å². The van der Waals surface area contributed by atoms with Gasteiger partial charge in [-0.3, -0.25) is 5.32 Å². The van der Waals surface area contributed by atoms with E-state index >= 15 is 0 Å². The predicted molar refractivity (Wildman–Crippen MR) is 90.0 cm³/mol. The molecule has 0 spiro atoms. The van der Waals surface area contributed by atoms with Crippen LogP contribution in [0.25, 0.3) is 21.3 Å². The summed E-state index contributed by atoms with van der Waals surface area (Å²) in [6.07, 6.45) is 0. The first-order chi connectivity index (χ1) is 11.2. The molecule has 0 atom stereocenters. The molecule has 7 heteroatoms. The van der Waals surface area contributed by atoms with Crippen molar-refractivity contribution in [2.75, 3.05) is 19.5 Å². The summed E-state index contributed by atoms with van der Waals surface area (Å²) in [5.41, 5.74) is 2.32. The van der Waals surface area contributed by atoms with Gasteiger partial charge in [-0.15, -0.1) is 0 Å². The Kier molecular flexibility index (Phi) is 3.27. The van der Waals surface area contributed by atoms with Crippen molar-refractivity contribution < 1.29 is 13.9 Å². The number of oxazole rings is 1.